The van der Waals surface area contributed by atoms with Crippen LogP contribution in [0, 0.1) is 6.92 Å². The van der Waals surface area contributed by atoms with Gasteiger partial charge in [-0.05, 0) is 85.2 Å². The lowest BCUT2D eigenvalue weighted by molar-refractivity contribution is -0.143. The van der Waals surface area contributed by atoms with E-state index in [0.717, 1.165) is 35.3 Å². The average Bonchev–Trinajstić information content (AvgIpc) is 3.28. The van der Waals surface area contributed by atoms with Gasteiger partial charge < -0.3 is 24.6 Å². The molecule has 0 saturated heterocycles. The Bertz CT molecular complexity index is 1450. The predicted octanol–water partition coefficient (Wildman–Crippen LogP) is 4.23. The van der Waals surface area contributed by atoms with E-state index >= 15 is 0 Å². The summed E-state index contributed by atoms with van der Waals surface area (Å²) in [5.41, 5.74) is 7.06. The molecule has 39 heavy (non-hydrogen) atoms. The van der Waals surface area contributed by atoms with Crippen molar-refractivity contribution in [2.24, 2.45) is 0 Å². The van der Waals surface area contributed by atoms with Crippen molar-refractivity contribution in [1.82, 2.24) is 9.88 Å². The predicted molar refractivity (Wildman–Crippen MR) is 148 cm³/mol. The highest BCUT2D eigenvalue weighted by atomic mass is 16.5. The lowest BCUT2D eigenvalue weighted by Gasteiger charge is -2.23. The number of methoxy groups -OCH3 is 1. The van der Waals surface area contributed by atoms with E-state index in [1.165, 1.54) is 31.1 Å². The third-order valence-electron chi connectivity index (χ3n) is 7.56. The molecule has 5 rings (SSSR count). The number of ether oxygens (including phenoxy) is 1. The number of allylic oxidation sites excluding steroid dienone is 2. The Morgan fingerprint density at radius 1 is 1.05 bits per heavy atom. The number of esters is 1. The number of amides is 2. The van der Waals surface area contributed by atoms with Crippen LogP contribution in [-0.4, -0.2) is 47.2 Å². The molecule has 0 saturated carbocycles. The van der Waals surface area contributed by atoms with E-state index in [1.807, 2.05) is 47.0 Å². The second-order valence-electron chi connectivity index (χ2n) is 10.1. The SMILES string of the molecule is COC(=O)[C@@H](CO)NC(=O)c1ccc2n1Cc1ccccc1N(C(=O)c1ccc(C3=CCCCC3)c(C)c1)C2. The van der Waals surface area contributed by atoms with Gasteiger partial charge in [0, 0.05) is 16.9 Å². The molecule has 2 aromatic carbocycles. The number of nitrogens with one attached hydrogen (secondary N) is 1. The highest BCUT2D eigenvalue weighted by molar-refractivity contribution is 6.07. The normalized spacial score (nSPS) is 15.4. The fraction of sp³-hybridized carbons (Fsp3) is 0.323. The molecule has 0 unspecified atom stereocenters. The molecule has 8 nitrogen and oxygen atoms in total. The first kappa shape index (κ1) is 26.4. The first-order chi connectivity index (χ1) is 18.9. The molecule has 202 valence electrons. The van der Waals surface area contributed by atoms with E-state index in [-0.39, 0.29) is 12.5 Å². The molecule has 2 amide bonds. The Hall–Kier alpha value is -4.17. The summed E-state index contributed by atoms with van der Waals surface area (Å²) in [6.45, 7) is 2.13. The van der Waals surface area contributed by atoms with Crippen LogP contribution in [-0.2, 0) is 22.6 Å². The minimum atomic E-state index is -1.17. The number of rotatable bonds is 6. The number of aryl methyl sites for hydroxylation is 1. The number of carbonyl (C=O) groups is 3. The highest BCUT2D eigenvalue weighted by Crippen LogP contribution is 2.32. The van der Waals surface area contributed by atoms with E-state index in [9.17, 15) is 19.5 Å². The zero-order valence-electron chi connectivity index (χ0n) is 22.3. The maximum absolute atomic E-state index is 13.9. The van der Waals surface area contributed by atoms with Crippen LogP contribution in [0.15, 0.2) is 60.7 Å². The maximum atomic E-state index is 13.9. The highest BCUT2D eigenvalue weighted by Gasteiger charge is 2.29. The number of aromatic nitrogens is 1. The van der Waals surface area contributed by atoms with Gasteiger partial charge in [0.1, 0.15) is 5.69 Å². The van der Waals surface area contributed by atoms with Gasteiger partial charge in [0.2, 0.25) is 0 Å². The molecule has 0 radical (unpaired) electrons. The molecule has 1 aliphatic carbocycles. The van der Waals surface area contributed by atoms with Gasteiger partial charge in [0.15, 0.2) is 6.04 Å². The number of carbonyl (C=O) groups excluding carboxylic acids is 3. The van der Waals surface area contributed by atoms with E-state index in [2.05, 4.69) is 29.1 Å². The first-order valence-electron chi connectivity index (χ1n) is 13.3. The summed E-state index contributed by atoms with van der Waals surface area (Å²) in [7, 11) is 1.20. The minimum Gasteiger partial charge on any atom is -0.467 e. The van der Waals surface area contributed by atoms with Gasteiger partial charge in [-0.1, -0.05) is 30.3 Å². The van der Waals surface area contributed by atoms with Crippen LogP contribution in [0.2, 0.25) is 0 Å². The largest absolute Gasteiger partial charge is 0.467 e. The topological polar surface area (TPSA) is 101 Å². The van der Waals surface area contributed by atoms with Gasteiger partial charge in [-0.15, -0.1) is 0 Å². The van der Waals surface area contributed by atoms with E-state index in [1.54, 1.807) is 11.0 Å². The van der Waals surface area contributed by atoms with Gasteiger partial charge in [-0.3, -0.25) is 9.59 Å². The molecule has 2 N–H and O–H groups in total. The van der Waals surface area contributed by atoms with Crippen LogP contribution < -0.4 is 10.2 Å². The summed E-state index contributed by atoms with van der Waals surface area (Å²) in [5.74, 6) is -1.34. The third kappa shape index (κ3) is 5.25. The molecule has 3 aromatic rings. The second-order valence-corrected chi connectivity index (χ2v) is 10.1. The van der Waals surface area contributed by atoms with Crippen molar-refractivity contribution in [2.75, 3.05) is 18.6 Å². The monoisotopic (exact) mass is 527 g/mol. The Labute approximate surface area is 227 Å². The fourth-order valence-electron chi connectivity index (χ4n) is 5.49. The number of hydrogen-bond acceptors (Lipinski definition) is 5. The van der Waals surface area contributed by atoms with E-state index in [0.29, 0.717) is 17.8 Å². The summed E-state index contributed by atoms with van der Waals surface area (Å²) >= 11 is 0. The van der Waals surface area contributed by atoms with Gasteiger partial charge in [-0.25, -0.2) is 4.79 Å². The van der Waals surface area contributed by atoms with Crippen molar-refractivity contribution in [1.29, 1.82) is 0 Å². The zero-order chi connectivity index (χ0) is 27.5. The standard InChI is InChI=1S/C31H33N3O5/c1-20-16-22(12-14-25(20)21-8-4-3-5-9-21)30(37)34-18-24-13-15-28(29(36)32-26(19-35)31(38)39-2)33(24)17-23-10-6-7-11-27(23)34/h6-8,10-16,26,35H,3-5,9,17-19H2,1-2H3,(H,32,36)/t26-/m1/s1. The minimum absolute atomic E-state index is 0.110. The number of aliphatic hydroxyl groups is 1. The van der Waals surface area contributed by atoms with Gasteiger partial charge in [-0.2, -0.15) is 0 Å². The van der Waals surface area contributed by atoms with Crippen LogP contribution >= 0.6 is 0 Å². The maximum Gasteiger partial charge on any atom is 0.330 e. The van der Waals surface area contributed by atoms with Crippen LogP contribution in [0.3, 0.4) is 0 Å². The molecule has 0 fully saturated rings. The van der Waals surface area contributed by atoms with Crippen molar-refractivity contribution in [2.45, 2.75) is 51.7 Å². The molecule has 1 aromatic heterocycles. The Balaban J connectivity index is 1.46. The van der Waals surface area contributed by atoms with Crippen molar-refractivity contribution in [3.8, 4) is 0 Å². The van der Waals surface area contributed by atoms with Crippen LogP contribution in [0.25, 0.3) is 5.57 Å². The number of aliphatic hydroxyl groups excluding tert-OH is 1. The smallest absolute Gasteiger partial charge is 0.330 e. The van der Waals surface area contributed by atoms with Crippen LogP contribution in [0.1, 0.15) is 68.9 Å². The molecule has 2 aliphatic rings. The molecule has 1 aliphatic heterocycles. The number of para-hydroxylation sites is 1. The molecule has 8 heteroatoms. The van der Waals surface area contributed by atoms with Crippen molar-refractivity contribution in [3.63, 3.8) is 0 Å². The second kappa shape index (κ2) is 11.3. The number of fused-ring (bicyclic) bond motifs is 2. The summed E-state index contributed by atoms with van der Waals surface area (Å²) in [6.07, 6.45) is 6.90. The van der Waals surface area contributed by atoms with Gasteiger partial charge >= 0.3 is 5.97 Å². The number of nitrogens with zero attached hydrogens (tertiary/aromatic N) is 2. The molecular formula is C31H33N3O5. The van der Waals surface area contributed by atoms with Crippen molar-refractivity contribution < 1.29 is 24.2 Å². The average molecular weight is 528 g/mol. The lowest BCUT2D eigenvalue weighted by Crippen LogP contribution is -2.44. The lowest BCUT2D eigenvalue weighted by atomic mass is 9.90. The molecule has 0 spiro atoms. The summed E-state index contributed by atoms with van der Waals surface area (Å²) < 4.78 is 6.51. The van der Waals surface area contributed by atoms with E-state index in [4.69, 9.17) is 0 Å². The number of hydrogen-bond donors (Lipinski definition) is 2. The van der Waals surface area contributed by atoms with Crippen molar-refractivity contribution >= 4 is 29.0 Å². The summed E-state index contributed by atoms with van der Waals surface area (Å²) in [4.78, 5) is 40.7. The van der Waals surface area contributed by atoms with Crippen molar-refractivity contribution in [3.05, 3.63) is 94.3 Å². The Kier molecular flexibility index (Phi) is 7.65. The van der Waals surface area contributed by atoms with Crippen LogP contribution in [0.5, 0.6) is 0 Å². The zero-order valence-corrected chi connectivity index (χ0v) is 22.3. The first-order valence-corrected chi connectivity index (χ1v) is 13.3. The molecular weight excluding hydrogens is 494 g/mol. The summed E-state index contributed by atoms with van der Waals surface area (Å²) in [6, 6.07) is 15.9. The van der Waals surface area contributed by atoms with Gasteiger partial charge in [0.05, 0.1) is 26.8 Å². The van der Waals surface area contributed by atoms with Gasteiger partial charge in [0.25, 0.3) is 11.8 Å². The number of anilines is 1. The molecule has 0 bridgehead atoms. The summed E-state index contributed by atoms with van der Waals surface area (Å²) in [5, 5.41) is 12.1. The molecule has 2 heterocycles. The van der Waals surface area contributed by atoms with Crippen LogP contribution in [0.4, 0.5) is 5.69 Å². The number of benzene rings is 2. The third-order valence-corrected chi connectivity index (χ3v) is 7.56. The Morgan fingerprint density at radius 2 is 1.87 bits per heavy atom. The quantitative estimate of drug-likeness (QED) is 0.468. The Morgan fingerprint density at radius 3 is 2.59 bits per heavy atom. The molecule has 1 atom stereocenters. The van der Waals surface area contributed by atoms with E-state index < -0.39 is 24.5 Å². The fourth-order valence-corrected chi connectivity index (χ4v) is 5.49.